The predicted molar refractivity (Wildman–Crippen MR) is 115 cm³/mol. The molecule has 1 amide bonds. The van der Waals surface area contributed by atoms with E-state index in [2.05, 4.69) is 25.9 Å². The van der Waals surface area contributed by atoms with Gasteiger partial charge in [0.2, 0.25) is 5.91 Å². The maximum atomic E-state index is 14.6. The zero-order valence-corrected chi connectivity index (χ0v) is 18.1. The average Bonchev–Trinajstić information content (AvgIpc) is 3.38. The van der Waals surface area contributed by atoms with E-state index in [9.17, 15) is 14.0 Å². The first-order valence-corrected chi connectivity index (χ1v) is 10.5. The molecule has 1 unspecified atom stereocenters. The number of aromatic amines is 1. The third-order valence-corrected chi connectivity index (χ3v) is 5.81. The summed E-state index contributed by atoms with van der Waals surface area (Å²) in [5.74, 6) is -0.919. The Hall–Kier alpha value is -3.62. The first-order chi connectivity index (χ1) is 15.3. The Bertz CT molecular complexity index is 1160. The summed E-state index contributed by atoms with van der Waals surface area (Å²) in [7, 11) is 0. The van der Waals surface area contributed by atoms with Gasteiger partial charge in [0.15, 0.2) is 5.82 Å². The molecule has 4 rings (SSSR count). The smallest absolute Gasteiger partial charge is 0.339 e. The third-order valence-electron chi connectivity index (χ3n) is 5.81. The quantitative estimate of drug-likeness (QED) is 0.542. The fourth-order valence-corrected chi connectivity index (χ4v) is 3.60. The first kappa shape index (κ1) is 21.6. The van der Waals surface area contributed by atoms with Crippen molar-refractivity contribution in [1.29, 1.82) is 0 Å². The number of esters is 1. The van der Waals surface area contributed by atoms with E-state index in [0.29, 0.717) is 36.1 Å². The molecule has 1 aliphatic carbocycles. The Morgan fingerprint density at radius 2 is 2.03 bits per heavy atom. The lowest BCUT2D eigenvalue weighted by Crippen LogP contribution is -2.28. The molecular formula is C23H24FN5O3. The zero-order chi connectivity index (χ0) is 22.9. The van der Waals surface area contributed by atoms with Gasteiger partial charge in [0.05, 0.1) is 17.1 Å². The number of carbonyl (C=O) groups excluding carboxylic acids is 2. The minimum absolute atomic E-state index is 0.248. The number of halogens is 1. The molecule has 166 valence electrons. The minimum Gasteiger partial charge on any atom is -0.459 e. The number of aryl methyl sites for hydroxylation is 1. The molecule has 0 radical (unpaired) electrons. The Kier molecular flexibility index (Phi) is 5.73. The maximum absolute atomic E-state index is 14.6. The number of H-pyrrole nitrogens is 1. The van der Waals surface area contributed by atoms with E-state index in [1.165, 1.54) is 6.07 Å². The second-order valence-electron chi connectivity index (χ2n) is 8.15. The van der Waals surface area contributed by atoms with Crippen LogP contribution in [0.5, 0.6) is 0 Å². The summed E-state index contributed by atoms with van der Waals surface area (Å²) in [5.41, 5.74) is 1.42. The van der Waals surface area contributed by atoms with Crippen molar-refractivity contribution >= 4 is 17.6 Å². The normalized spacial score (nSPS) is 15.1. The highest BCUT2D eigenvalue weighted by molar-refractivity contribution is 6.03. The lowest BCUT2D eigenvalue weighted by atomic mass is 9.93. The number of tetrazole rings is 1. The highest BCUT2D eigenvalue weighted by atomic mass is 19.1. The molecule has 1 saturated carbocycles. The zero-order valence-electron chi connectivity index (χ0n) is 18.1. The van der Waals surface area contributed by atoms with Gasteiger partial charge in [-0.15, -0.1) is 5.10 Å². The van der Waals surface area contributed by atoms with Gasteiger partial charge in [-0.05, 0) is 73.4 Å². The highest BCUT2D eigenvalue weighted by Crippen LogP contribution is 2.50. The van der Waals surface area contributed by atoms with Crippen molar-refractivity contribution in [2.45, 2.75) is 51.6 Å². The van der Waals surface area contributed by atoms with E-state index in [1.807, 2.05) is 13.8 Å². The lowest BCUT2D eigenvalue weighted by Gasteiger charge is -2.18. The van der Waals surface area contributed by atoms with Gasteiger partial charge in [-0.25, -0.2) is 14.3 Å². The van der Waals surface area contributed by atoms with Crippen LogP contribution in [0.1, 0.15) is 54.6 Å². The van der Waals surface area contributed by atoms with Crippen LogP contribution in [0, 0.1) is 12.7 Å². The van der Waals surface area contributed by atoms with Crippen LogP contribution in [0.4, 0.5) is 10.1 Å². The number of benzene rings is 2. The van der Waals surface area contributed by atoms with Crippen molar-refractivity contribution in [3.63, 3.8) is 0 Å². The summed E-state index contributed by atoms with van der Waals surface area (Å²) in [6.45, 7) is 5.53. The van der Waals surface area contributed by atoms with E-state index in [-0.39, 0.29) is 29.2 Å². The van der Waals surface area contributed by atoms with Gasteiger partial charge in [-0.3, -0.25) is 4.79 Å². The van der Waals surface area contributed by atoms with Crippen molar-refractivity contribution < 1.29 is 18.7 Å². The summed E-state index contributed by atoms with van der Waals surface area (Å²) in [4.78, 5) is 25.8. The number of amides is 1. The highest BCUT2D eigenvalue weighted by Gasteiger charge is 2.52. The van der Waals surface area contributed by atoms with E-state index in [0.717, 1.165) is 5.56 Å². The molecule has 1 aliphatic rings. The first-order valence-electron chi connectivity index (χ1n) is 10.5. The summed E-state index contributed by atoms with van der Waals surface area (Å²) in [6, 6.07) is 9.70. The molecule has 3 aromatic rings. The van der Waals surface area contributed by atoms with Crippen LogP contribution < -0.4 is 5.32 Å². The van der Waals surface area contributed by atoms with Crippen LogP contribution in [-0.2, 0) is 14.9 Å². The second kappa shape index (κ2) is 8.49. The molecule has 0 bridgehead atoms. The molecule has 8 nitrogen and oxygen atoms in total. The number of hydrogen-bond acceptors (Lipinski definition) is 6. The predicted octanol–water partition coefficient (Wildman–Crippen LogP) is 3.94. The van der Waals surface area contributed by atoms with Crippen molar-refractivity contribution in [3.8, 4) is 11.4 Å². The summed E-state index contributed by atoms with van der Waals surface area (Å²) in [6.07, 6.45) is 1.56. The number of hydrogen-bond donors (Lipinski definition) is 2. The molecule has 9 heteroatoms. The van der Waals surface area contributed by atoms with Gasteiger partial charge >= 0.3 is 5.97 Å². The van der Waals surface area contributed by atoms with Gasteiger partial charge < -0.3 is 10.1 Å². The molecular weight excluding hydrogens is 413 g/mol. The topological polar surface area (TPSA) is 110 Å². The number of anilines is 1. The molecule has 0 spiro atoms. The van der Waals surface area contributed by atoms with Crippen LogP contribution in [0.15, 0.2) is 36.4 Å². The molecule has 2 aromatic carbocycles. The van der Waals surface area contributed by atoms with Crippen molar-refractivity contribution in [2.24, 2.45) is 0 Å². The number of nitrogens with zero attached hydrogens (tertiary/aromatic N) is 3. The van der Waals surface area contributed by atoms with E-state index >= 15 is 0 Å². The molecule has 1 fully saturated rings. The molecule has 1 heterocycles. The van der Waals surface area contributed by atoms with Crippen molar-refractivity contribution in [2.75, 3.05) is 5.32 Å². The fourth-order valence-electron chi connectivity index (χ4n) is 3.60. The third kappa shape index (κ3) is 4.10. The lowest BCUT2D eigenvalue weighted by molar-refractivity contribution is -0.118. The van der Waals surface area contributed by atoms with Crippen LogP contribution in [0.3, 0.4) is 0 Å². The van der Waals surface area contributed by atoms with Crippen LogP contribution in [0.2, 0.25) is 0 Å². The van der Waals surface area contributed by atoms with Crippen LogP contribution >= 0.6 is 0 Å². The molecule has 0 aliphatic heterocycles. The van der Waals surface area contributed by atoms with Crippen LogP contribution in [0.25, 0.3) is 11.4 Å². The van der Waals surface area contributed by atoms with Gasteiger partial charge in [-0.2, -0.15) is 0 Å². The van der Waals surface area contributed by atoms with Gasteiger partial charge in [0.1, 0.15) is 5.82 Å². The Morgan fingerprint density at radius 1 is 1.25 bits per heavy atom. The molecule has 2 N–H and O–H groups in total. The molecule has 1 aromatic heterocycles. The second-order valence-corrected chi connectivity index (χ2v) is 8.15. The largest absolute Gasteiger partial charge is 0.459 e. The molecule has 0 saturated heterocycles. The number of carbonyl (C=O) groups is 2. The maximum Gasteiger partial charge on any atom is 0.339 e. The number of ether oxygens (including phenoxy) is 1. The Balaban J connectivity index is 1.62. The Morgan fingerprint density at radius 3 is 2.66 bits per heavy atom. The Labute approximate surface area is 184 Å². The van der Waals surface area contributed by atoms with Crippen molar-refractivity contribution in [3.05, 3.63) is 58.9 Å². The van der Waals surface area contributed by atoms with E-state index in [4.69, 9.17) is 4.74 Å². The summed E-state index contributed by atoms with van der Waals surface area (Å²) in [5, 5.41) is 16.5. The monoisotopic (exact) mass is 437 g/mol. The fraction of sp³-hybridized carbons (Fsp3) is 0.348. The van der Waals surface area contributed by atoms with E-state index < -0.39 is 11.4 Å². The minimum atomic E-state index is -0.889. The van der Waals surface area contributed by atoms with E-state index in [1.54, 1.807) is 37.3 Å². The van der Waals surface area contributed by atoms with Gasteiger partial charge in [0, 0.05) is 16.8 Å². The SMILES string of the molecule is CCC(C)OC(=O)c1ccc(NC(=O)C2(c3ccc(C)cc3F)CC2)cc1-c1nnn[nH]1. The van der Waals surface area contributed by atoms with Gasteiger partial charge in [-0.1, -0.05) is 19.1 Å². The standard InChI is InChI=1S/C23H24FN5O3/c1-4-14(3)32-21(30)16-7-6-15(12-17(16)20-26-28-29-27-20)25-22(31)23(9-10-23)18-8-5-13(2)11-19(18)24/h5-8,11-12,14H,4,9-10H2,1-3H3,(H,25,31)(H,26,27,28,29). The van der Waals surface area contributed by atoms with Crippen LogP contribution in [-0.4, -0.2) is 38.6 Å². The summed E-state index contributed by atoms with van der Waals surface area (Å²) < 4.78 is 20.0. The average molecular weight is 437 g/mol. The van der Waals surface area contributed by atoms with Gasteiger partial charge in [0.25, 0.3) is 0 Å². The molecule has 1 atom stereocenters. The summed E-state index contributed by atoms with van der Waals surface area (Å²) >= 11 is 0. The number of rotatable bonds is 7. The number of aromatic nitrogens is 4. The van der Waals surface area contributed by atoms with Crippen molar-refractivity contribution in [1.82, 2.24) is 20.6 Å². The number of nitrogens with one attached hydrogen (secondary N) is 2. The molecule has 32 heavy (non-hydrogen) atoms.